The van der Waals surface area contributed by atoms with Crippen molar-refractivity contribution in [1.82, 2.24) is 0 Å². The van der Waals surface area contributed by atoms with Crippen molar-refractivity contribution in [2.45, 2.75) is 0 Å². The van der Waals surface area contributed by atoms with E-state index in [0.29, 0.717) is 16.3 Å². The van der Waals surface area contributed by atoms with Crippen LogP contribution in [0.5, 0.6) is 0 Å². The average molecular weight is 349 g/mol. The second-order valence-corrected chi connectivity index (χ2v) is 5.28. The van der Waals surface area contributed by atoms with Crippen molar-refractivity contribution in [3.63, 3.8) is 0 Å². The van der Waals surface area contributed by atoms with Crippen molar-refractivity contribution in [3.05, 3.63) is 63.6 Å². The average Bonchev–Trinajstić information content (AvgIpc) is 2.55. The third-order valence-electron chi connectivity index (χ3n) is 2.79. The SMILES string of the molecule is N#Cc1ccc(C(=O)OCC(=O)Nc2ccc(Cl)cc2Cl)cc1. The Morgan fingerprint density at radius 1 is 1.13 bits per heavy atom. The van der Waals surface area contributed by atoms with Crippen LogP contribution in [-0.2, 0) is 9.53 Å². The number of amides is 1. The number of carbonyl (C=O) groups excluding carboxylic acids is 2. The van der Waals surface area contributed by atoms with Crippen LogP contribution in [0.1, 0.15) is 15.9 Å². The summed E-state index contributed by atoms with van der Waals surface area (Å²) in [6, 6.07) is 12.4. The number of esters is 1. The highest BCUT2D eigenvalue weighted by atomic mass is 35.5. The first-order chi connectivity index (χ1) is 11.0. The molecule has 0 fully saturated rings. The fraction of sp³-hybridized carbons (Fsp3) is 0.0625. The lowest BCUT2D eigenvalue weighted by Gasteiger charge is -2.08. The molecule has 0 saturated heterocycles. The molecule has 0 bridgehead atoms. The third-order valence-corrected chi connectivity index (χ3v) is 3.34. The van der Waals surface area contributed by atoms with Gasteiger partial charge in [-0.05, 0) is 42.5 Å². The van der Waals surface area contributed by atoms with Crippen molar-refractivity contribution in [1.29, 1.82) is 5.26 Å². The van der Waals surface area contributed by atoms with Crippen molar-refractivity contribution in [3.8, 4) is 6.07 Å². The molecule has 2 aromatic rings. The van der Waals surface area contributed by atoms with E-state index in [1.54, 1.807) is 12.1 Å². The lowest BCUT2D eigenvalue weighted by molar-refractivity contribution is -0.119. The van der Waals surface area contributed by atoms with Gasteiger partial charge in [-0.3, -0.25) is 4.79 Å². The van der Waals surface area contributed by atoms with E-state index in [-0.39, 0.29) is 10.6 Å². The summed E-state index contributed by atoms with van der Waals surface area (Å²) in [4.78, 5) is 23.5. The molecular weight excluding hydrogens is 339 g/mol. The topological polar surface area (TPSA) is 79.2 Å². The van der Waals surface area contributed by atoms with Crippen LogP contribution in [0.3, 0.4) is 0 Å². The Labute approximate surface area is 142 Å². The molecule has 2 aromatic carbocycles. The Bertz CT molecular complexity index is 783. The molecule has 0 aliphatic rings. The highest BCUT2D eigenvalue weighted by Gasteiger charge is 2.11. The summed E-state index contributed by atoms with van der Waals surface area (Å²) < 4.78 is 4.90. The molecule has 0 aromatic heterocycles. The van der Waals surface area contributed by atoms with E-state index in [4.69, 9.17) is 33.2 Å². The normalized spacial score (nSPS) is 9.78. The van der Waals surface area contributed by atoms with Gasteiger partial charge in [-0.1, -0.05) is 23.2 Å². The summed E-state index contributed by atoms with van der Waals surface area (Å²) in [5.74, 6) is -1.19. The maximum atomic E-state index is 11.8. The molecule has 2 rings (SSSR count). The van der Waals surface area contributed by atoms with Crippen LogP contribution >= 0.6 is 23.2 Å². The van der Waals surface area contributed by atoms with E-state index in [2.05, 4.69) is 5.32 Å². The minimum absolute atomic E-state index is 0.251. The number of ether oxygens (including phenoxy) is 1. The van der Waals surface area contributed by atoms with E-state index >= 15 is 0 Å². The van der Waals surface area contributed by atoms with Crippen LogP contribution in [0.4, 0.5) is 5.69 Å². The maximum Gasteiger partial charge on any atom is 0.338 e. The summed E-state index contributed by atoms with van der Waals surface area (Å²) in [6.07, 6.45) is 0. The van der Waals surface area contributed by atoms with Crippen molar-refractivity contribution >= 4 is 40.8 Å². The van der Waals surface area contributed by atoms with Gasteiger partial charge in [0.05, 0.1) is 27.9 Å². The zero-order valence-electron chi connectivity index (χ0n) is 11.7. The number of nitrogens with one attached hydrogen (secondary N) is 1. The third kappa shape index (κ3) is 4.71. The molecular formula is C16H10Cl2N2O3. The Morgan fingerprint density at radius 2 is 1.83 bits per heavy atom. The first kappa shape index (κ1) is 16.8. The molecule has 0 atom stereocenters. The lowest BCUT2D eigenvalue weighted by Crippen LogP contribution is -2.21. The van der Waals surface area contributed by atoms with Gasteiger partial charge in [0.15, 0.2) is 6.61 Å². The Balaban J connectivity index is 1.90. The number of nitrogens with zero attached hydrogens (tertiary/aromatic N) is 1. The second kappa shape index (κ2) is 7.63. The predicted octanol–water partition coefficient (Wildman–Crippen LogP) is 3.66. The van der Waals surface area contributed by atoms with Gasteiger partial charge < -0.3 is 10.1 Å². The van der Waals surface area contributed by atoms with Crippen molar-refractivity contribution in [2.75, 3.05) is 11.9 Å². The molecule has 116 valence electrons. The molecule has 0 spiro atoms. The number of anilines is 1. The Kier molecular flexibility index (Phi) is 5.58. The molecule has 0 radical (unpaired) electrons. The number of carbonyl (C=O) groups is 2. The standard InChI is InChI=1S/C16H10Cl2N2O3/c17-12-5-6-14(13(18)7-12)20-15(21)9-23-16(22)11-3-1-10(8-19)2-4-11/h1-7H,9H2,(H,20,21). The number of rotatable bonds is 4. The monoisotopic (exact) mass is 348 g/mol. The van der Waals surface area contributed by atoms with Gasteiger partial charge in [-0.15, -0.1) is 0 Å². The number of hydrogen-bond acceptors (Lipinski definition) is 4. The zero-order valence-corrected chi connectivity index (χ0v) is 13.2. The molecule has 1 amide bonds. The van der Waals surface area contributed by atoms with Crippen LogP contribution < -0.4 is 5.32 Å². The molecule has 0 saturated carbocycles. The summed E-state index contributed by atoms with van der Waals surface area (Å²) >= 11 is 11.7. The second-order valence-electron chi connectivity index (χ2n) is 4.44. The Hall–Kier alpha value is -2.55. The summed E-state index contributed by atoms with van der Waals surface area (Å²) in [5.41, 5.74) is 1.05. The first-order valence-electron chi connectivity index (χ1n) is 6.42. The van der Waals surface area contributed by atoms with E-state index < -0.39 is 18.5 Å². The molecule has 7 heteroatoms. The van der Waals surface area contributed by atoms with Gasteiger partial charge in [0, 0.05) is 5.02 Å². The molecule has 5 nitrogen and oxygen atoms in total. The fourth-order valence-corrected chi connectivity index (χ4v) is 2.13. The van der Waals surface area contributed by atoms with Gasteiger partial charge >= 0.3 is 5.97 Å². The molecule has 23 heavy (non-hydrogen) atoms. The number of hydrogen-bond donors (Lipinski definition) is 1. The molecule has 0 heterocycles. The highest BCUT2D eigenvalue weighted by Crippen LogP contribution is 2.25. The van der Waals surface area contributed by atoms with E-state index in [1.165, 1.54) is 30.3 Å². The quantitative estimate of drug-likeness (QED) is 0.855. The van der Waals surface area contributed by atoms with Gasteiger partial charge in [0.1, 0.15) is 0 Å². The molecule has 0 unspecified atom stereocenters. The van der Waals surface area contributed by atoms with Crippen LogP contribution in [0.25, 0.3) is 0 Å². The van der Waals surface area contributed by atoms with Crippen LogP contribution in [0.15, 0.2) is 42.5 Å². The van der Waals surface area contributed by atoms with Gasteiger partial charge in [0.25, 0.3) is 5.91 Å². The van der Waals surface area contributed by atoms with E-state index in [0.717, 1.165) is 0 Å². The lowest BCUT2D eigenvalue weighted by atomic mass is 10.1. The maximum absolute atomic E-state index is 11.8. The number of nitriles is 1. The fourth-order valence-electron chi connectivity index (χ4n) is 1.67. The minimum Gasteiger partial charge on any atom is -0.452 e. The smallest absolute Gasteiger partial charge is 0.338 e. The van der Waals surface area contributed by atoms with Crippen LogP contribution in [-0.4, -0.2) is 18.5 Å². The first-order valence-corrected chi connectivity index (χ1v) is 7.17. The van der Waals surface area contributed by atoms with Crippen molar-refractivity contribution < 1.29 is 14.3 Å². The number of halogens is 2. The Morgan fingerprint density at radius 3 is 2.43 bits per heavy atom. The summed E-state index contributed by atoms with van der Waals surface area (Å²) in [5, 5.41) is 11.9. The molecule has 0 aliphatic carbocycles. The van der Waals surface area contributed by atoms with Crippen LogP contribution in [0, 0.1) is 11.3 Å². The van der Waals surface area contributed by atoms with Crippen molar-refractivity contribution in [2.24, 2.45) is 0 Å². The van der Waals surface area contributed by atoms with E-state index in [1.807, 2.05) is 6.07 Å². The van der Waals surface area contributed by atoms with E-state index in [9.17, 15) is 9.59 Å². The predicted molar refractivity (Wildman–Crippen MR) is 86.5 cm³/mol. The van der Waals surface area contributed by atoms with Crippen LogP contribution in [0.2, 0.25) is 10.0 Å². The summed E-state index contributed by atoms with van der Waals surface area (Å²) in [6.45, 7) is -0.461. The zero-order chi connectivity index (χ0) is 16.8. The largest absolute Gasteiger partial charge is 0.452 e. The highest BCUT2D eigenvalue weighted by molar-refractivity contribution is 6.36. The molecule has 0 aliphatic heterocycles. The van der Waals surface area contributed by atoms with Gasteiger partial charge in [0.2, 0.25) is 0 Å². The van der Waals surface area contributed by atoms with Gasteiger partial charge in [-0.25, -0.2) is 4.79 Å². The van der Waals surface area contributed by atoms with Gasteiger partial charge in [-0.2, -0.15) is 5.26 Å². The number of benzene rings is 2. The minimum atomic E-state index is -0.660. The molecule has 1 N–H and O–H groups in total. The summed E-state index contributed by atoms with van der Waals surface area (Å²) in [7, 11) is 0.